The van der Waals surface area contributed by atoms with Crippen molar-refractivity contribution in [2.24, 2.45) is 0 Å². The fraction of sp³-hybridized carbons (Fsp3) is 0.133. The van der Waals surface area contributed by atoms with E-state index < -0.39 is 5.82 Å². The highest BCUT2D eigenvalue weighted by atomic mass is 35.5. The molecule has 0 saturated heterocycles. The van der Waals surface area contributed by atoms with Crippen molar-refractivity contribution in [1.29, 1.82) is 0 Å². The molecule has 0 spiro atoms. The zero-order valence-corrected chi connectivity index (χ0v) is 11.6. The smallest absolute Gasteiger partial charge is 0.142 e. The number of fused-ring (bicyclic) bond motifs is 1. The van der Waals surface area contributed by atoms with Crippen LogP contribution in [0.15, 0.2) is 42.6 Å². The van der Waals surface area contributed by atoms with Gasteiger partial charge in [-0.25, -0.2) is 4.39 Å². The number of aromatic amines is 1. The molecule has 2 N–H and O–H groups in total. The van der Waals surface area contributed by atoms with Crippen LogP contribution in [-0.4, -0.2) is 10.2 Å². The van der Waals surface area contributed by atoms with Crippen LogP contribution in [0.25, 0.3) is 10.9 Å². The Morgan fingerprint density at radius 2 is 2.15 bits per heavy atom. The van der Waals surface area contributed by atoms with Crippen LogP contribution in [0, 0.1) is 5.82 Å². The molecule has 0 aliphatic heterocycles. The van der Waals surface area contributed by atoms with Crippen molar-refractivity contribution in [3.05, 3.63) is 59.0 Å². The van der Waals surface area contributed by atoms with E-state index in [9.17, 15) is 4.39 Å². The van der Waals surface area contributed by atoms with Crippen LogP contribution in [0.5, 0.6) is 0 Å². The maximum atomic E-state index is 13.5. The Balaban J connectivity index is 1.90. The largest absolute Gasteiger partial charge is 0.378 e. The number of halogens is 2. The molecule has 3 nitrogen and oxygen atoms in total. The lowest BCUT2D eigenvalue weighted by molar-refractivity contribution is 0.624. The predicted octanol–water partition coefficient (Wildman–Crippen LogP) is 4.53. The molecule has 0 saturated carbocycles. The Bertz CT molecular complexity index is 754. The molecule has 1 unspecified atom stereocenters. The maximum absolute atomic E-state index is 13.5. The average Bonchev–Trinajstić information content (AvgIpc) is 2.91. The van der Waals surface area contributed by atoms with E-state index in [2.05, 4.69) is 15.5 Å². The number of benzene rings is 2. The van der Waals surface area contributed by atoms with Crippen LogP contribution in [0.3, 0.4) is 0 Å². The van der Waals surface area contributed by atoms with Gasteiger partial charge in [0.15, 0.2) is 0 Å². The first-order valence-corrected chi connectivity index (χ1v) is 6.66. The monoisotopic (exact) mass is 289 g/mol. The van der Waals surface area contributed by atoms with Crippen molar-refractivity contribution in [3.63, 3.8) is 0 Å². The highest BCUT2D eigenvalue weighted by molar-refractivity contribution is 6.30. The number of H-pyrrole nitrogens is 1. The maximum Gasteiger partial charge on any atom is 0.142 e. The van der Waals surface area contributed by atoms with Gasteiger partial charge in [-0.1, -0.05) is 23.7 Å². The van der Waals surface area contributed by atoms with Gasteiger partial charge in [-0.2, -0.15) is 5.10 Å². The van der Waals surface area contributed by atoms with Crippen molar-refractivity contribution in [2.75, 3.05) is 5.32 Å². The van der Waals surface area contributed by atoms with E-state index in [4.69, 9.17) is 11.6 Å². The van der Waals surface area contributed by atoms with Crippen molar-refractivity contribution in [1.82, 2.24) is 10.2 Å². The third-order valence-electron chi connectivity index (χ3n) is 3.30. The van der Waals surface area contributed by atoms with E-state index >= 15 is 0 Å². The second kappa shape index (κ2) is 5.13. The number of hydrogen-bond acceptors (Lipinski definition) is 2. The zero-order valence-electron chi connectivity index (χ0n) is 10.8. The number of anilines is 1. The molecule has 0 aliphatic rings. The summed E-state index contributed by atoms with van der Waals surface area (Å²) in [6.07, 6.45) is 1.77. The third kappa shape index (κ3) is 2.34. The summed E-state index contributed by atoms with van der Waals surface area (Å²) in [7, 11) is 0. The van der Waals surface area contributed by atoms with Gasteiger partial charge in [-0.05, 0) is 36.8 Å². The first kappa shape index (κ1) is 12.9. The second-order valence-corrected chi connectivity index (χ2v) is 5.08. The molecule has 0 aliphatic carbocycles. The van der Waals surface area contributed by atoms with Gasteiger partial charge in [0.2, 0.25) is 0 Å². The van der Waals surface area contributed by atoms with Gasteiger partial charge in [0, 0.05) is 17.1 Å². The topological polar surface area (TPSA) is 40.7 Å². The minimum atomic E-state index is -0.403. The van der Waals surface area contributed by atoms with Gasteiger partial charge in [0.05, 0.1) is 16.7 Å². The van der Waals surface area contributed by atoms with Crippen molar-refractivity contribution in [3.8, 4) is 0 Å². The van der Waals surface area contributed by atoms with Gasteiger partial charge >= 0.3 is 0 Å². The fourth-order valence-corrected chi connectivity index (χ4v) is 2.31. The van der Waals surface area contributed by atoms with Gasteiger partial charge < -0.3 is 5.32 Å². The molecule has 2 aromatic carbocycles. The number of rotatable bonds is 3. The van der Waals surface area contributed by atoms with Crippen molar-refractivity contribution in [2.45, 2.75) is 13.0 Å². The van der Waals surface area contributed by atoms with Gasteiger partial charge in [-0.3, -0.25) is 5.10 Å². The predicted molar refractivity (Wildman–Crippen MR) is 79.5 cm³/mol. The van der Waals surface area contributed by atoms with E-state index in [0.717, 1.165) is 22.2 Å². The second-order valence-electron chi connectivity index (χ2n) is 4.68. The molecule has 102 valence electrons. The molecule has 3 aromatic rings. The molecule has 0 bridgehead atoms. The molecule has 5 heteroatoms. The summed E-state index contributed by atoms with van der Waals surface area (Å²) in [4.78, 5) is 0. The first-order chi connectivity index (χ1) is 9.65. The fourth-order valence-electron chi connectivity index (χ4n) is 2.19. The van der Waals surface area contributed by atoms with Crippen LogP contribution in [0.1, 0.15) is 18.5 Å². The van der Waals surface area contributed by atoms with Crippen molar-refractivity contribution >= 4 is 28.2 Å². The summed E-state index contributed by atoms with van der Waals surface area (Å²) in [5, 5.41) is 11.5. The molecule has 1 aromatic heterocycles. The summed E-state index contributed by atoms with van der Waals surface area (Å²) in [6, 6.07) is 10.7. The molecule has 20 heavy (non-hydrogen) atoms. The number of nitrogens with one attached hydrogen (secondary N) is 2. The van der Waals surface area contributed by atoms with Crippen LogP contribution < -0.4 is 5.32 Å². The lowest BCUT2D eigenvalue weighted by Crippen LogP contribution is -2.07. The average molecular weight is 290 g/mol. The lowest BCUT2D eigenvalue weighted by Gasteiger charge is -2.16. The van der Waals surface area contributed by atoms with E-state index in [1.165, 1.54) is 6.07 Å². The molecule has 3 rings (SSSR count). The highest BCUT2D eigenvalue weighted by Crippen LogP contribution is 2.27. The summed E-state index contributed by atoms with van der Waals surface area (Å²) >= 11 is 5.70. The number of nitrogens with zero attached hydrogens (tertiary/aromatic N) is 1. The first-order valence-electron chi connectivity index (χ1n) is 6.29. The molecule has 0 radical (unpaired) electrons. The quantitative estimate of drug-likeness (QED) is 0.744. The van der Waals surface area contributed by atoms with Crippen LogP contribution >= 0.6 is 11.6 Å². The summed E-state index contributed by atoms with van der Waals surface area (Å²) in [5.74, 6) is -0.403. The Morgan fingerprint density at radius 1 is 1.30 bits per heavy atom. The Labute approximate surface area is 120 Å². The van der Waals surface area contributed by atoms with Gasteiger partial charge in [0.1, 0.15) is 5.82 Å². The van der Waals surface area contributed by atoms with Crippen molar-refractivity contribution < 1.29 is 4.39 Å². The van der Waals surface area contributed by atoms with Crippen LogP contribution in [-0.2, 0) is 0 Å². The number of aromatic nitrogens is 2. The van der Waals surface area contributed by atoms with E-state index in [0.29, 0.717) is 0 Å². The Morgan fingerprint density at radius 3 is 2.95 bits per heavy atom. The third-order valence-corrected chi connectivity index (χ3v) is 3.61. The number of hydrogen-bond donors (Lipinski definition) is 2. The van der Waals surface area contributed by atoms with E-state index in [1.807, 2.05) is 31.2 Å². The lowest BCUT2D eigenvalue weighted by atomic mass is 10.1. The van der Waals surface area contributed by atoms with Crippen LogP contribution in [0.2, 0.25) is 5.02 Å². The SMILES string of the molecule is CC(Nc1cccc2[nH]ncc12)c1ccc(Cl)c(F)c1. The summed E-state index contributed by atoms with van der Waals surface area (Å²) in [5.41, 5.74) is 2.76. The summed E-state index contributed by atoms with van der Waals surface area (Å²) < 4.78 is 13.5. The minimum Gasteiger partial charge on any atom is -0.378 e. The minimum absolute atomic E-state index is 0.0396. The Kier molecular flexibility index (Phi) is 3.32. The molecular weight excluding hydrogens is 277 g/mol. The van der Waals surface area contributed by atoms with E-state index in [-0.39, 0.29) is 11.1 Å². The van der Waals surface area contributed by atoms with E-state index in [1.54, 1.807) is 12.3 Å². The summed E-state index contributed by atoms with van der Waals surface area (Å²) in [6.45, 7) is 1.97. The molecule has 1 heterocycles. The standard InChI is InChI=1S/C15H13ClFN3/c1-9(10-5-6-12(16)13(17)7-10)19-14-3-2-4-15-11(14)8-18-20-15/h2-9,19H,1H3,(H,18,20). The Hall–Kier alpha value is -2.07. The molecule has 1 atom stereocenters. The molecule has 0 amide bonds. The normalized spacial score (nSPS) is 12.6. The molecule has 0 fully saturated rings. The highest BCUT2D eigenvalue weighted by Gasteiger charge is 2.10. The van der Waals surface area contributed by atoms with Crippen LogP contribution in [0.4, 0.5) is 10.1 Å². The van der Waals surface area contributed by atoms with Gasteiger partial charge in [0.25, 0.3) is 0 Å². The molecular formula is C15H13ClFN3. The zero-order chi connectivity index (χ0) is 14.1. The van der Waals surface area contributed by atoms with Gasteiger partial charge in [-0.15, -0.1) is 0 Å².